The molecule has 0 spiro atoms. The van der Waals surface area contributed by atoms with Crippen LogP contribution in [0.2, 0.25) is 5.02 Å². The maximum Gasteiger partial charge on any atom is 0.249 e. The molecule has 1 saturated heterocycles. The minimum Gasteiger partial charge on any atom is -0.372 e. The summed E-state index contributed by atoms with van der Waals surface area (Å²) in [5.41, 5.74) is 2.72. The number of anilines is 5. The van der Waals surface area contributed by atoms with E-state index in [0.717, 1.165) is 18.8 Å². The van der Waals surface area contributed by atoms with Gasteiger partial charge in [0.25, 0.3) is 0 Å². The van der Waals surface area contributed by atoms with Crippen molar-refractivity contribution in [2.24, 2.45) is 0 Å². The topological polar surface area (TPSA) is 66.0 Å². The summed E-state index contributed by atoms with van der Waals surface area (Å²) in [7, 11) is 0. The summed E-state index contributed by atoms with van der Waals surface area (Å²) < 4.78 is 13.3. The predicted molar refractivity (Wildman–Crippen MR) is 110 cm³/mol. The third kappa shape index (κ3) is 4.48. The number of nitrogens with one attached hydrogen (secondary N) is 2. The fraction of sp³-hybridized carbons (Fsp3) is 0.250. The van der Waals surface area contributed by atoms with Crippen molar-refractivity contribution in [2.75, 3.05) is 28.6 Å². The second kappa shape index (κ2) is 8.39. The number of aromatic nitrogens is 3. The summed E-state index contributed by atoms with van der Waals surface area (Å²) in [6.45, 7) is 2.22. The van der Waals surface area contributed by atoms with E-state index in [4.69, 9.17) is 11.6 Å². The van der Waals surface area contributed by atoms with Crippen molar-refractivity contribution in [1.82, 2.24) is 15.2 Å². The molecule has 0 aliphatic carbocycles. The summed E-state index contributed by atoms with van der Waals surface area (Å²) >= 11 is 5.81. The Labute approximate surface area is 167 Å². The molecule has 144 valence electrons. The van der Waals surface area contributed by atoms with Crippen molar-refractivity contribution in [3.8, 4) is 0 Å². The summed E-state index contributed by atoms with van der Waals surface area (Å²) in [6.07, 6.45) is 5.30. The number of piperidine rings is 1. The average Bonchev–Trinajstić information content (AvgIpc) is 2.72. The third-order valence-electron chi connectivity index (χ3n) is 4.60. The van der Waals surface area contributed by atoms with Crippen LogP contribution in [0.15, 0.2) is 48.7 Å². The lowest BCUT2D eigenvalue weighted by Crippen LogP contribution is -2.29. The van der Waals surface area contributed by atoms with Crippen LogP contribution in [0.5, 0.6) is 0 Å². The van der Waals surface area contributed by atoms with Crippen molar-refractivity contribution in [3.63, 3.8) is 0 Å². The summed E-state index contributed by atoms with van der Waals surface area (Å²) in [5.74, 6) is 0.373. The van der Waals surface area contributed by atoms with Crippen LogP contribution < -0.4 is 15.5 Å². The van der Waals surface area contributed by atoms with Gasteiger partial charge in [-0.2, -0.15) is 10.1 Å². The van der Waals surface area contributed by atoms with Gasteiger partial charge in [0.05, 0.1) is 11.2 Å². The van der Waals surface area contributed by atoms with E-state index in [-0.39, 0.29) is 5.02 Å². The maximum absolute atomic E-state index is 13.3. The molecule has 4 rings (SSSR count). The van der Waals surface area contributed by atoms with Gasteiger partial charge in [-0.1, -0.05) is 11.6 Å². The Morgan fingerprint density at radius 1 is 0.929 bits per heavy atom. The van der Waals surface area contributed by atoms with Gasteiger partial charge in [-0.3, -0.25) is 0 Å². The lowest BCUT2D eigenvalue weighted by Gasteiger charge is -2.28. The SMILES string of the molecule is Fc1ccc(Nc2cnnc(Nc3ccc(N4CCCCC4)cc3)n2)cc1Cl. The molecule has 8 heteroatoms. The first-order chi connectivity index (χ1) is 13.7. The second-order valence-corrected chi connectivity index (χ2v) is 7.05. The van der Waals surface area contributed by atoms with Gasteiger partial charge < -0.3 is 15.5 Å². The zero-order valence-electron chi connectivity index (χ0n) is 15.2. The highest BCUT2D eigenvalue weighted by Gasteiger charge is 2.11. The van der Waals surface area contributed by atoms with Gasteiger partial charge >= 0.3 is 0 Å². The minimum atomic E-state index is -0.469. The van der Waals surface area contributed by atoms with Crippen LogP contribution in [0.25, 0.3) is 0 Å². The molecule has 6 nitrogen and oxygen atoms in total. The molecule has 0 bridgehead atoms. The molecule has 1 aliphatic rings. The highest BCUT2D eigenvalue weighted by atomic mass is 35.5. The molecule has 0 saturated carbocycles. The van der Waals surface area contributed by atoms with E-state index in [2.05, 4.69) is 42.8 Å². The van der Waals surface area contributed by atoms with E-state index in [1.54, 1.807) is 6.07 Å². The zero-order valence-corrected chi connectivity index (χ0v) is 16.0. The smallest absolute Gasteiger partial charge is 0.249 e. The Morgan fingerprint density at radius 3 is 2.43 bits per heavy atom. The Morgan fingerprint density at radius 2 is 1.68 bits per heavy atom. The van der Waals surface area contributed by atoms with Crippen molar-refractivity contribution in [2.45, 2.75) is 19.3 Å². The fourth-order valence-corrected chi connectivity index (χ4v) is 3.36. The molecule has 2 heterocycles. The normalized spacial score (nSPS) is 14.0. The van der Waals surface area contributed by atoms with Gasteiger partial charge in [0.2, 0.25) is 5.95 Å². The van der Waals surface area contributed by atoms with Crippen LogP contribution in [0.4, 0.5) is 33.2 Å². The molecule has 0 atom stereocenters. The van der Waals surface area contributed by atoms with E-state index in [0.29, 0.717) is 17.5 Å². The number of hydrogen-bond donors (Lipinski definition) is 2. The highest BCUT2D eigenvalue weighted by molar-refractivity contribution is 6.31. The standard InChI is InChI=1S/C20H20ClFN6/c21-17-12-15(6-9-18(17)22)24-19-13-23-27-20(26-19)25-14-4-7-16(8-5-14)28-10-2-1-3-11-28/h4-9,12-13H,1-3,10-11H2,(H2,24,25,26,27). The van der Waals surface area contributed by atoms with Crippen LogP contribution >= 0.6 is 11.6 Å². The number of rotatable bonds is 5. The summed E-state index contributed by atoms with van der Waals surface area (Å²) in [6, 6.07) is 12.6. The molecule has 0 radical (unpaired) electrons. The first kappa shape index (κ1) is 18.4. The monoisotopic (exact) mass is 398 g/mol. The van der Waals surface area contributed by atoms with Crippen LogP contribution in [0.3, 0.4) is 0 Å². The van der Waals surface area contributed by atoms with Gasteiger partial charge in [0, 0.05) is 30.2 Å². The Hall–Kier alpha value is -2.93. The van der Waals surface area contributed by atoms with Crippen LogP contribution in [-0.2, 0) is 0 Å². The van der Waals surface area contributed by atoms with E-state index >= 15 is 0 Å². The van der Waals surface area contributed by atoms with Gasteiger partial charge in [-0.15, -0.1) is 5.10 Å². The first-order valence-corrected chi connectivity index (χ1v) is 9.59. The van der Waals surface area contributed by atoms with Crippen molar-refractivity contribution in [3.05, 3.63) is 59.5 Å². The van der Waals surface area contributed by atoms with Crippen LogP contribution in [0, 0.1) is 5.82 Å². The second-order valence-electron chi connectivity index (χ2n) is 6.64. The number of nitrogens with zero attached hydrogens (tertiary/aromatic N) is 4. The zero-order chi connectivity index (χ0) is 19.3. The highest BCUT2D eigenvalue weighted by Crippen LogP contribution is 2.24. The molecule has 1 aliphatic heterocycles. The Bertz CT molecular complexity index is 944. The quantitative estimate of drug-likeness (QED) is 0.620. The lowest BCUT2D eigenvalue weighted by atomic mass is 10.1. The average molecular weight is 399 g/mol. The van der Waals surface area contributed by atoms with Crippen molar-refractivity contribution < 1.29 is 4.39 Å². The maximum atomic E-state index is 13.3. The van der Waals surface area contributed by atoms with Crippen LogP contribution in [-0.4, -0.2) is 28.3 Å². The van der Waals surface area contributed by atoms with Gasteiger partial charge in [0.15, 0.2) is 5.82 Å². The van der Waals surface area contributed by atoms with Gasteiger partial charge in [-0.05, 0) is 61.7 Å². The Kier molecular flexibility index (Phi) is 5.53. The molecular weight excluding hydrogens is 379 g/mol. The lowest BCUT2D eigenvalue weighted by molar-refractivity contribution is 0.578. The molecule has 28 heavy (non-hydrogen) atoms. The molecular formula is C20H20ClFN6. The van der Waals surface area contributed by atoms with Crippen molar-refractivity contribution >= 4 is 40.4 Å². The Balaban J connectivity index is 1.43. The van der Waals surface area contributed by atoms with Crippen LogP contribution in [0.1, 0.15) is 19.3 Å². The minimum absolute atomic E-state index is 0.0409. The molecule has 1 aromatic heterocycles. The van der Waals surface area contributed by atoms with Gasteiger partial charge in [0.1, 0.15) is 5.82 Å². The number of hydrogen-bond acceptors (Lipinski definition) is 6. The molecule has 3 aromatic rings. The molecule has 1 fully saturated rings. The number of halogens is 2. The summed E-state index contributed by atoms with van der Waals surface area (Å²) in [4.78, 5) is 6.79. The van der Waals surface area contributed by atoms with E-state index < -0.39 is 5.82 Å². The third-order valence-corrected chi connectivity index (χ3v) is 4.89. The molecule has 2 N–H and O–H groups in total. The molecule has 2 aromatic carbocycles. The van der Waals surface area contributed by atoms with Gasteiger partial charge in [-0.25, -0.2) is 4.39 Å². The number of benzene rings is 2. The fourth-order valence-electron chi connectivity index (χ4n) is 3.18. The summed E-state index contributed by atoms with van der Waals surface area (Å²) in [5, 5.41) is 14.2. The molecule has 0 amide bonds. The van der Waals surface area contributed by atoms with E-state index in [1.807, 2.05) is 12.1 Å². The molecule has 0 unspecified atom stereocenters. The van der Waals surface area contributed by atoms with Crippen molar-refractivity contribution in [1.29, 1.82) is 0 Å². The first-order valence-electron chi connectivity index (χ1n) is 9.21. The largest absolute Gasteiger partial charge is 0.372 e. The predicted octanol–water partition coefficient (Wildman–Crippen LogP) is 5.14. The van der Waals surface area contributed by atoms with E-state index in [9.17, 15) is 4.39 Å². The van der Waals surface area contributed by atoms with E-state index in [1.165, 1.54) is 43.3 Å².